The summed E-state index contributed by atoms with van der Waals surface area (Å²) in [5, 5.41) is 6.70. The summed E-state index contributed by atoms with van der Waals surface area (Å²) in [6, 6.07) is 16.2. The molecule has 0 amide bonds. The number of aromatic amines is 1. The minimum absolute atomic E-state index is 0. The molecule has 29 heavy (non-hydrogen) atoms. The van der Waals surface area contributed by atoms with E-state index in [0.29, 0.717) is 0 Å². The highest BCUT2D eigenvalue weighted by Gasteiger charge is 2.04. The van der Waals surface area contributed by atoms with Crippen molar-refractivity contribution in [3.05, 3.63) is 59.9 Å². The van der Waals surface area contributed by atoms with Crippen molar-refractivity contribution >= 4 is 41.0 Å². The van der Waals surface area contributed by atoms with Crippen LogP contribution in [0.2, 0.25) is 0 Å². The van der Waals surface area contributed by atoms with Crippen LogP contribution in [-0.2, 0) is 12.8 Å². The molecule has 156 valence electrons. The Labute approximate surface area is 189 Å². The number of nitrogens with one attached hydrogen (secondary N) is 3. The van der Waals surface area contributed by atoms with Crippen LogP contribution >= 0.6 is 24.0 Å². The van der Waals surface area contributed by atoms with Crippen molar-refractivity contribution in [1.82, 2.24) is 20.6 Å². The SMILES string of the molecule is CCNC(=NCCCc1nc2ccccc2[nH]1)NCCc1ccccc1OC.I. The molecule has 0 saturated heterocycles. The van der Waals surface area contributed by atoms with Gasteiger partial charge in [0.15, 0.2) is 5.96 Å². The summed E-state index contributed by atoms with van der Waals surface area (Å²) in [7, 11) is 1.71. The normalized spacial score (nSPS) is 11.2. The second-order valence-corrected chi connectivity index (χ2v) is 6.55. The van der Waals surface area contributed by atoms with Crippen LogP contribution in [0.15, 0.2) is 53.5 Å². The number of imidazole rings is 1. The van der Waals surface area contributed by atoms with Gasteiger partial charge in [0.25, 0.3) is 0 Å². The van der Waals surface area contributed by atoms with E-state index in [-0.39, 0.29) is 24.0 Å². The fraction of sp³-hybridized carbons (Fsp3) is 0.364. The summed E-state index contributed by atoms with van der Waals surface area (Å²) >= 11 is 0. The van der Waals surface area contributed by atoms with E-state index in [1.165, 1.54) is 5.56 Å². The van der Waals surface area contributed by atoms with Gasteiger partial charge in [-0.15, -0.1) is 24.0 Å². The molecule has 0 saturated carbocycles. The standard InChI is InChI=1S/C22H29N5O.HI/c1-3-23-22(25-16-14-17-9-4-7-12-20(17)28-2)24-15-8-13-21-26-18-10-5-6-11-19(18)27-21;/h4-7,9-12H,3,8,13-16H2,1-2H3,(H,26,27)(H2,23,24,25);1H. The molecule has 3 rings (SSSR count). The lowest BCUT2D eigenvalue weighted by Crippen LogP contribution is -2.38. The number of guanidine groups is 1. The molecule has 0 aliphatic carbocycles. The van der Waals surface area contributed by atoms with Gasteiger partial charge in [0, 0.05) is 26.1 Å². The Balaban J connectivity index is 0.00000300. The zero-order valence-corrected chi connectivity index (χ0v) is 19.4. The third-order valence-electron chi connectivity index (χ3n) is 4.50. The van der Waals surface area contributed by atoms with Crippen LogP contribution in [0, 0.1) is 0 Å². The number of ether oxygens (including phenoxy) is 1. The first kappa shape index (κ1) is 23.0. The third-order valence-corrected chi connectivity index (χ3v) is 4.50. The largest absolute Gasteiger partial charge is 0.496 e. The van der Waals surface area contributed by atoms with E-state index in [1.54, 1.807) is 7.11 Å². The lowest BCUT2D eigenvalue weighted by Gasteiger charge is -2.12. The molecule has 0 aliphatic heterocycles. The number of para-hydroxylation sites is 3. The number of methoxy groups -OCH3 is 1. The summed E-state index contributed by atoms with van der Waals surface area (Å²) < 4.78 is 5.41. The van der Waals surface area contributed by atoms with Crippen LogP contribution in [0.5, 0.6) is 5.75 Å². The zero-order chi connectivity index (χ0) is 19.6. The van der Waals surface area contributed by atoms with Crippen LogP contribution < -0.4 is 15.4 Å². The Bertz CT molecular complexity index is 876. The Morgan fingerprint density at radius 1 is 1.07 bits per heavy atom. The van der Waals surface area contributed by atoms with Crippen molar-refractivity contribution in [2.45, 2.75) is 26.2 Å². The first-order valence-corrected chi connectivity index (χ1v) is 9.88. The van der Waals surface area contributed by atoms with E-state index in [0.717, 1.165) is 67.5 Å². The maximum absolute atomic E-state index is 5.41. The first-order valence-electron chi connectivity index (χ1n) is 9.88. The number of hydrogen-bond acceptors (Lipinski definition) is 3. The molecule has 0 radical (unpaired) electrons. The van der Waals surface area contributed by atoms with E-state index in [9.17, 15) is 0 Å². The van der Waals surface area contributed by atoms with Gasteiger partial charge in [-0.05, 0) is 43.5 Å². The zero-order valence-electron chi connectivity index (χ0n) is 17.1. The van der Waals surface area contributed by atoms with E-state index in [4.69, 9.17) is 4.74 Å². The number of aryl methyl sites for hydroxylation is 1. The van der Waals surface area contributed by atoms with Gasteiger partial charge >= 0.3 is 0 Å². The molecule has 3 aromatic rings. The number of nitrogens with zero attached hydrogens (tertiary/aromatic N) is 2. The van der Waals surface area contributed by atoms with Gasteiger partial charge in [0.1, 0.15) is 11.6 Å². The van der Waals surface area contributed by atoms with Crippen LogP contribution in [-0.4, -0.2) is 42.7 Å². The van der Waals surface area contributed by atoms with Gasteiger partial charge in [-0.2, -0.15) is 0 Å². The van der Waals surface area contributed by atoms with E-state index in [2.05, 4.69) is 44.7 Å². The van der Waals surface area contributed by atoms with Gasteiger partial charge in [-0.3, -0.25) is 4.99 Å². The quantitative estimate of drug-likeness (QED) is 0.178. The molecule has 0 bridgehead atoms. The second-order valence-electron chi connectivity index (χ2n) is 6.55. The Kier molecular flexibility index (Phi) is 9.76. The topological polar surface area (TPSA) is 74.3 Å². The van der Waals surface area contributed by atoms with Crippen LogP contribution in [0.3, 0.4) is 0 Å². The molecule has 0 spiro atoms. The lowest BCUT2D eigenvalue weighted by atomic mass is 10.1. The van der Waals surface area contributed by atoms with Gasteiger partial charge in [-0.1, -0.05) is 30.3 Å². The van der Waals surface area contributed by atoms with Crippen LogP contribution in [0.4, 0.5) is 0 Å². The second kappa shape index (κ2) is 12.3. The number of rotatable bonds is 9. The minimum atomic E-state index is 0. The van der Waals surface area contributed by atoms with Crippen molar-refractivity contribution in [2.75, 3.05) is 26.7 Å². The van der Waals surface area contributed by atoms with Crippen molar-refractivity contribution in [1.29, 1.82) is 0 Å². The monoisotopic (exact) mass is 507 g/mol. The highest BCUT2D eigenvalue weighted by atomic mass is 127. The molecule has 1 aromatic heterocycles. The molecule has 2 aromatic carbocycles. The maximum Gasteiger partial charge on any atom is 0.191 e. The number of hydrogen-bond donors (Lipinski definition) is 3. The van der Waals surface area contributed by atoms with Crippen molar-refractivity contribution in [3.8, 4) is 5.75 Å². The number of benzene rings is 2. The molecular weight excluding hydrogens is 477 g/mol. The van der Waals surface area contributed by atoms with E-state index < -0.39 is 0 Å². The van der Waals surface area contributed by atoms with Crippen LogP contribution in [0.1, 0.15) is 24.7 Å². The minimum Gasteiger partial charge on any atom is -0.496 e. The molecule has 7 heteroatoms. The molecule has 6 nitrogen and oxygen atoms in total. The average molecular weight is 507 g/mol. The molecule has 0 fully saturated rings. The molecule has 0 atom stereocenters. The lowest BCUT2D eigenvalue weighted by molar-refractivity contribution is 0.409. The summed E-state index contributed by atoms with van der Waals surface area (Å²) in [6.45, 7) is 4.46. The molecule has 0 unspecified atom stereocenters. The van der Waals surface area contributed by atoms with Gasteiger partial charge in [0.2, 0.25) is 0 Å². The predicted octanol–water partition coefficient (Wildman–Crippen LogP) is 3.92. The van der Waals surface area contributed by atoms with Gasteiger partial charge in [0.05, 0.1) is 18.1 Å². The van der Waals surface area contributed by atoms with Crippen molar-refractivity contribution in [2.24, 2.45) is 4.99 Å². The summed E-state index contributed by atoms with van der Waals surface area (Å²) in [4.78, 5) is 12.7. The highest BCUT2D eigenvalue weighted by Crippen LogP contribution is 2.17. The summed E-state index contributed by atoms with van der Waals surface area (Å²) in [6.07, 6.45) is 2.72. The summed E-state index contributed by atoms with van der Waals surface area (Å²) in [5.41, 5.74) is 3.30. The average Bonchev–Trinajstić information content (AvgIpc) is 3.14. The predicted molar refractivity (Wildman–Crippen MR) is 131 cm³/mol. The van der Waals surface area contributed by atoms with E-state index >= 15 is 0 Å². The number of aliphatic imine (C=N–C) groups is 1. The van der Waals surface area contributed by atoms with Crippen molar-refractivity contribution < 1.29 is 4.74 Å². The fourth-order valence-electron chi connectivity index (χ4n) is 3.13. The molecular formula is C22H30IN5O. The fourth-order valence-corrected chi connectivity index (χ4v) is 3.13. The van der Waals surface area contributed by atoms with Crippen LogP contribution in [0.25, 0.3) is 11.0 Å². The number of halogens is 1. The summed E-state index contributed by atoms with van der Waals surface area (Å²) in [5.74, 6) is 2.80. The van der Waals surface area contributed by atoms with Crippen molar-refractivity contribution in [3.63, 3.8) is 0 Å². The van der Waals surface area contributed by atoms with Gasteiger partial charge in [-0.25, -0.2) is 4.98 Å². The maximum atomic E-state index is 5.41. The first-order chi connectivity index (χ1) is 13.8. The van der Waals surface area contributed by atoms with E-state index in [1.807, 2.05) is 36.4 Å². The number of aromatic nitrogens is 2. The smallest absolute Gasteiger partial charge is 0.191 e. The Hall–Kier alpha value is -2.29. The number of H-pyrrole nitrogens is 1. The molecule has 3 N–H and O–H groups in total. The highest BCUT2D eigenvalue weighted by molar-refractivity contribution is 14.0. The molecule has 0 aliphatic rings. The molecule has 1 heterocycles. The third kappa shape index (κ3) is 6.92. The number of fused-ring (bicyclic) bond motifs is 1. The Morgan fingerprint density at radius 2 is 1.86 bits per heavy atom. The Morgan fingerprint density at radius 3 is 2.66 bits per heavy atom. The van der Waals surface area contributed by atoms with Gasteiger partial charge < -0.3 is 20.4 Å².